The number of alkyl halides is 3. The molecular weight excluding hydrogens is 375 g/mol. The van der Waals surface area contributed by atoms with Crippen LogP contribution >= 0.6 is 0 Å². The van der Waals surface area contributed by atoms with Gasteiger partial charge in [0.1, 0.15) is 17.9 Å². The van der Waals surface area contributed by atoms with Crippen molar-refractivity contribution in [3.63, 3.8) is 0 Å². The second-order valence-corrected chi connectivity index (χ2v) is 6.47. The Kier molecular flexibility index (Phi) is 5.03. The first-order valence-electron chi connectivity index (χ1n) is 8.83. The quantitative estimate of drug-likeness (QED) is 0.641. The molecule has 148 valence electrons. The zero-order valence-corrected chi connectivity index (χ0v) is 14.8. The smallest absolute Gasteiger partial charge is 0.406 e. The highest BCUT2D eigenvalue weighted by atomic mass is 19.4. The first-order chi connectivity index (χ1) is 13.5. The van der Waals surface area contributed by atoms with Crippen LogP contribution in [0.25, 0.3) is 5.78 Å². The molecule has 1 aromatic carbocycles. The molecule has 0 amide bonds. The van der Waals surface area contributed by atoms with E-state index in [0.29, 0.717) is 17.9 Å². The second-order valence-electron chi connectivity index (χ2n) is 6.47. The van der Waals surface area contributed by atoms with Crippen LogP contribution in [0.5, 0.6) is 5.75 Å². The van der Waals surface area contributed by atoms with Crippen molar-refractivity contribution in [1.29, 1.82) is 0 Å². The Hall–Kier alpha value is -2.88. The maximum absolute atomic E-state index is 12.3. The van der Waals surface area contributed by atoms with Gasteiger partial charge >= 0.3 is 6.36 Å². The first kappa shape index (κ1) is 18.5. The lowest BCUT2D eigenvalue weighted by Gasteiger charge is -2.26. The summed E-state index contributed by atoms with van der Waals surface area (Å²) in [6.45, 7) is 1.51. The molecule has 0 spiro atoms. The Bertz CT molecular complexity index is 946. The SMILES string of the molecule is FC(F)(F)Oc1cccc(COC[C@H]2CCCN2c2ccnc3ncnn23)c1. The molecule has 2 aromatic heterocycles. The van der Waals surface area contributed by atoms with E-state index in [4.69, 9.17) is 4.74 Å². The van der Waals surface area contributed by atoms with E-state index < -0.39 is 6.36 Å². The van der Waals surface area contributed by atoms with Gasteiger partial charge in [-0.15, -0.1) is 13.2 Å². The normalized spacial score (nSPS) is 17.4. The van der Waals surface area contributed by atoms with Crippen LogP contribution in [0.3, 0.4) is 0 Å². The summed E-state index contributed by atoms with van der Waals surface area (Å²) in [4.78, 5) is 10.5. The highest BCUT2D eigenvalue weighted by Gasteiger charge is 2.31. The third kappa shape index (κ3) is 4.16. The van der Waals surface area contributed by atoms with E-state index in [2.05, 4.69) is 24.7 Å². The van der Waals surface area contributed by atoms with E-state index in [1.54, 1.807) is 16.8 Å². The fourth-order valence-corrected chi connectivity index (χ4v) is 3.40. The van der Waals surface area contributed by atoms with E-state index in [-0.39, 0.29) is 18.4 Å². The molecule has 3 heterocycles. The van der Waals surface area contributed by atoms with E-state index in [0.717, 1.165) is 25.2 Å². The van der Waals surface area contributed by atoms with Gasteiger partial charge in [-0.05, 0) is 36.6 Å². The summed E-state index contributed by atoms with van der Waals surface area (Å²) in [6, 6.07) is 7.85. The Morgan fingerprint density at radius 1 is 1.18 bits per heavy atom. The number of hydrogen-bond donors (Lipinski definition) is 0. The summed E-state index contributed by atoms with van der Waals surface area (Å²) < 4.78 is 48.5. The third-order valence-corrected chi connectivity index (χ3v) is 4.54. The molecule has 0 radical (unpaired) electrons. The summed E-state index contributed by atoms with van der Waals surface area (Å²) in [6.07, 6.45) is 0.420. The van der Waals surface area contributed by atoms with Crippen molar-refractivity contribution in [1.82, 2.24) is 19.6 Å². The van der Waals surface area contributed by atoms with Gasteiger partial charge in [0.15, 0.2) is 0 Å². The zero-order valence-electron chi connectivity index (χ0n) is 14.8. The average Bonchev–Trinajstić information content (AvgIpc) is 3.29. The first-order valence-corrected chi connectivity index (χ1v) is 8.83. The van der Waals surface area contributed by atoms with Gasteiger partial charge in [-0.3, -0.25) is 0 Å². The molecule has 4 rings (SSSR count). The minimum absolute atomic E-state index is 0.143. The lowest BCUT2D eigenvalue weighted by molar-refractivity contribution is -0.274. The molecule has 1 fully saturated rings. The molecule has 1 aliphatic rings. The van der Waals surface area contributed by atoms with Gasteiger partial charge in [-0.25, -0.2) is 4.98 Å². The Morgan fingerprint density at radius 3 is 2.93 bits per heavy atom. The van der Waals surface area contributed by atoms with Gasteiger partial charge in [-0.1, -0.05) is 12.1 Å². The standard InChI is InChI=1S/C18H18F3N5O2/c19-18(20,21)28-15-5-1-3-13(9-15)10-27-11-14-4-2-8-25(14)16-6-7-22-17-23-12-24-26(16)17/h1,3,5-7,9,12,14H,2,4,8,10-11H2/t14-/m1/s1. The van der Waals surface area contributed by atoms with Crippen LogP contribution in [0.1, 0.15) is 18.4 Å². The minimum Gasteiger partial charge on any atom is -0.406 e. The van der Waals surface area contributed by atoms with Gasteiger partial charge < -0.3 is 14.4 Å². The Morgan fingerprint density at radius 2 is 2.07 bits per heavy atom. The molecule has 1 saturated heterocycles. The summed E-state index contributed by atoms with van der Waals surface area (Å²) >= 11 is 0. The van der Waals surface area contributed by atoms with E-state index in [1.165, 1.54) is 24.5 Å². The van der Waals surface area contributed by atoms with Crippen LogP contribution in [-0.2, 0) is 11.3 Å². The highest BCUT2D eigenvalue weighted by molar-refractivity contribution is 5.46. The molecule has 0 unspecified atom stereocenters. The van der Waals surface area contributed by atoms with Crippen molar-refractivity contribution in [3.8, 4) is 5.75 Å². The van der Waals surface area contributed by atoms with Gasteiger partial charge in [0.2, 0.25) is 0 Å². The summed E-state index contributed by atoms with van der Waals surface area (Å²) in [5.74, 6) is 1.18. The predicted molar refractivity (Wildman–Crippen MR) is 93.9 cm³/mol. The molecule has 3 aromatic rings. The van der Waals surface area contributed by atoms with Crippen LogP contribution in [-0.4, -0.2) is 45.1 Å². The fraction of sp³-hybridized carbons (Fsp3) is 0.389. The lowest BCUT2D eigenvalue weighted by Crippen LogP contribution is -2.34. The summed E-state index contributed by atoms with van der Waals surface area (Å²) in [5, 5.41) is 4.22. The Balaban J connectivity index is 1.38. The fourth-order valence-electron chi connectivity index (χ4n) is 3.40. The second kappa shape index (κ2) is 7.63. The third-order valence-electron chi connectivity index (χ3n) is 4.54. The van der Waals surface area contributed by atoms with E-state index >= 15 is 0 Å². The molecule has 0 saturated carbocycles. The number of halogens is 3. The van der Waals surface area contributed by atoms with Crippen molar-refractivity contribution < 1.29 is 22.6 Å². The molecule has 28 heavy (non-hydrogen) atoms. The van der Waals surface area contributed by atoms with Crippen LogP contribution in [0.2, 0.25) is 0 Å². The van der Waals surface area contributed by atoms with Crippen molar-refractivity contribution in [2.75, 3.05) is 18.1 Å². The molecule has 10 heteroatoms. The largest absolute Gasteiger partial charge is 0.573 e. The van der Waals surface area contributed by atoms with Crippen molar-refractivity contribution in [2.24, 2.45) is 0 Å². The molecule has 1 aliphatic heterocycles. The number of rotatable bonds is 6. The number of anilines is 1. The number of benzene rings is 1. The maximum atomic E-state index is 12.3. The topological polar surface area (TPSA) is 64.8 Å². The van der Waals surface area contributed by atoms with Gasteiger partial charge in [-0.2, -0.15) is 14.6 Å². The highest BCUT2D eigenvalue weighted by Crippen LogP contribution is 2.26. The molecular formula is C18H18F3N5O2. The summed E-state index contributed by atoms with van der Waals surface area (Å²) in [7, 11) is 0. The molecule has 1 atom stereocenters. The van der Waals surface area contributed by atoms with Gasteiger partial charge in [0.25, 0.3) is 5.78 Å². The number of aromatic nitrogens is 4. The number of hydrogen-bond acceptors (Lipinski definition) is 6. The number of nitrogens with zero attached hydrogens (tertiary/aromatic N) is 5. The average molecular weight is 393 g/mol. The predicted octanol–water partition coefficient (Wildman–Crippen LogP) is 3.21. The van der Waals surface area contributed by atoms with Crippen LogP contribution in [0, 0.1) is 0 Å². The Labute approximate surface area is 158 Å². The molecule has 0 aliphatic carbocycles. The van der Waals surface area contributed by atoms with E-state index in [1.807, 2.05) is 6.07 Å². The van der Waals surface area contributed by atoms with Gasteiger partial charge in [0, 0.05) is 12.7 Å². The number of ether oxygens (including phenoxy) is 2. The lowest BCUT2D eigenvalue weighted by atomic mass is 10.2. The van der Waals surface area contributed by atoms with Crippen LogP contribution in [0.15, 0.2) is 42.9 Å². The van der Waals surface area contributed by atoms with Crippen LogP contribution < -0.4 is 9.64 Å². The molecule has 0 N–H and O–H groups in total. The number of fused-ring (bicyclic) bond motifs is 1. The van der Waals surface area contributed by atoms with E-state index in [9.17, 15) is 13.2 Å². The zero-order chi connectivity index (χ0) is 19.6. The summed E-state index contributed by atoms with van der Waals surface area (Å²) in [5.41, 5.74) is 0.619. The monoisotopic (exact) mass is 393 g/mol. The molecule has 0 bridgehead atoms. The van der Waals surface area contributed by atoms with Crippen LogP contribution in [0.4, 0.5) is 19.0 Å². The minimum atomic E-state index is -4.71. The van der Waals surface area contributed by atoms with Crippen molar-refractivity contribution in [3.05, 3.63) is 48.4 Å². The van der Waals surface area contributed by atoms with Crippen molar-refractivity contribution in [2.45, 2.75) is 31.9 Å². The maximum Gasteiger partial charge on any atom is 0.573 e. The van der Waals surface area contributed by atoms with Crippen molar-refractivity contribution >= 4 is 11.6 Å². The molecule has 7 nitrogen and oxygen atoms in total. The van der Waals surface area contributed by atoms with Gasteiger partial charge in [0.05, 0.1) is 19.3 Å².